The van der Waals surface area contributed by atoms with Crippen LogP contribution >= 0.6 is 0 Å². The lowest BCUT2D eigenvalue weighted by Crippen LogP contribution is -2.41. The van der Waals surface area contributed by atoms with Gasteiger partial charge in [0.25, 0.3) is 0 Å². The van der Waals surface area contributed by atoms with Crippen molar-refractivity contribution < 1.29 is 4.74 Å². The summed E-state index contributed by atoms with van der Waals surface area (Å²) in [6.07, 6.45) is 2.23. The van der Waals surface area contributed by atoms with Crippen LogP contribution in [-0.2, 0) is 6.42 Å². The number of ether oxygens (including phenoxy) is 1. The minimum Gasteiger partial charge on any atom is -0.493 e. The number of benzene rings is 1. The predicted molar refractivity (Wildman–Crippen MR) is 76.3 cm³/mol. The van der Waals surface area contributed by atoms with Crippen LogP contribution in [0.5, 0.6) is 5.75 Å². The van der Waals surface area contributed by atoms with Gasteiger partial charge in [0.1, 0.15) is 5.75 Å². The summed E-state index contributed by atoms with van der Waals surface area (Å²) >= 11 is 0. The second-order valence-corrected chi connectivity index (χ2v) is 5.40. The lowest BCUT2D eigenvalue weighted by molar-refractivity contribution is 0.288. The highest BCUT2D eigenvalue weighted by Gasteiger charge is 2.19. The number of fused-ring (bicyclic) bond motifs is 1. The van der Waals surface area contributed by atoms with Crippen LogP contribution < -0.4 is 15.4 Å². The molecule has 0 bridgehead atoms. The largest absolute Gasteiger partial charge is 0.493 e. The zero-order chi connectivity index (χ0) is 13.1. The molecule has 0 aromatic heterocycles. The summed E-state index contributed by atoms with van der Waals surface area (Å²) in [6, 6.07) is 6.86. The molecule has 1 aliphatic rings. The molecule has 1 atom stereocenters. The maximum atomic E-state index is 5.88. The first-order valence-corrected chi connectivity index (χ1v) is 6.82. The molecule has 1 aromatic rings. The Morgan fingerprint density at radius 2 is 2.17 bits per heavy atom. The van der Waals surface area contributed by atoms with Gasteiger partial charge in [-0.3, -0.25) is 0 Å². The number of nitrogens with zero attached hydrogens (tertiary/aromatic N) is 1. The quantitative estimate of drug-likeness (QED) is 0.889. The monoisotopic (exact) mass is 248 g/mol. The second kappa shape index (κ2) is 5.61. The number of hydrogen-bond acceptors (Lipinski definition) is 3. The minimum atomic E-state index is 0.382. The molecule has 3 heteroatoms. The van der Waals surface area contributed by atoms with E-state index in [1.165, 1.54) is 11.3 Å². The van der Waals surface area contributed by atoms with Crippen LogP contribution in [0.4, 0.5) is 5.69 Å². The molecule has 0 aliphatic carbocycles. The molecule has 0 fully saturated rings. The molecule has 0 spiro atoms. The molecule has 100 valence electrons. The Morgan fingerprint density at radius 1 is 1.39 bits per heavy atom. The van der Waals surface area contributed by atoms with Crippen molar-refractivity contribution >= 4 is 5.69 Å². The summed E-state index contributed by atoms with van der Waals surface area (Å²) < 4.78 is 5.65. The third-order valence-corrected chi connectivity index (χ3v) is 3.81. The fraction of sp³-hybridized carbons (Fsp3) is 0.600. The molecule has 0 saturated heterocycles. The van der Waals surface area contributed by atoms with Gasteiger partial charge in [-0.05, 0) is 42.5 Å². The van der Waals surface area contributed by atoms with E-state index in [2.05, 4.69) is 44.0 Å². The summed E-state index contributed by atoms with van der Waals surface area (Å²) in [5, 5.41) is 0. The van der Waals surface area contributed by atoms with E-state index in [-0.39, 0.29) is 0 Å². The van der Waals surface area contributed by atoms with Gasteiger partial charge in [0.05, 0.1) is 6.61 Å². The zero-order valence-corrected chi connectivity index (χ0v) is 11.6. The van der Waals surface area contributed by atoms with Crippen molar-refractivity contribution in [3.05, 3.63) is 23.8 Å². The van der Waals surface area contributed by atoms with E-state index >= 15 is 0 Å². The topological polar surface area (TPSA) is 38.5 Å². The highest BCUT2D eigenvalue weighted by molar-refractivity contribution is 5.54. The van der Waals surface area contributed by atoms with E-state index in [0.717, 1.165) is 25.2 Å². The molecule has 3 nitrogen and oxygen atoms in total. The number of rotatable bonds is 4. The molecule has 0 saturated carbocycles. The van der Waals surface area contributed by atoms with Crippen LogP contribution in [0.2, 0.25) is 0 Å². The second-order valence-electron chi connectivity index (χ2n) is 5.40. The third-order valence-electron chi connectivity index (χ3n) is 3.81. The van der Waals surface area contributed by atoms with E-state index in [4.69, 9.17) is 10.5 Å². The van der Waals surface area contributed by atoms with Crippen molar-refractivity contribution in [2.24, 2.45) is 11.7 Å². The van der Waals surface area contributed by atoms with Crippen LogP contribution in [0.25, 0.3) is 0 Å². The Morgan fingerprint density at radius 3 is 2.83 bits per heavy atom. The van der Waals surface area contributed by atoms with Gasteiger partial charge in [0.2, 0.25) is 0 Å². The highest BCUT2D eigenvalue weighted by Crippen LogP contribution is 2.30. The molecule has 1 heterocycles. The molecule has 2 N–H and O–H groups in total. The summed E-state index contributed by atoms with van der Waals surface area (Å²) in [6.45, 7) is 5.96. The zero-order valence-electron chi connectivity index (χ0n) is 11.6. The standard InChI is InChI=1S/C15H24N2O/c1-11(2)14(10-16)17(3)13-6-7-15-12(9-13)5-4-8-18-15/h6-7,9,11,14H,4-5,8,10,16H2,1-3H3. The number of aryl methyl sites for hydroxylation is 1. The molecule has 1 unspecified atom stereocenters. The van der Waals surface area contributed by atoms with Gasteiger partial charge in [0.15, 0.2) is 0 Å². The molecule has 18 heavy (non-hydrogen) atoms. The average molecular weight is 248 g/mol. The highest BCUT2D eigenvalue weighted by atomic mass is 16.5. The van der Waals surface area contributed by atoms with Crippen molar-refractivity contribution in [2.45, 2.75) is 32.7 Å². The summed E-state index contributed by atoms with van der Waals surface area (Å²) in [5.74, 6) is 1.60. The average Bonchev–Trinajstić information content (AvgIpc) is 2.38. The third kappa shape index (κ3) is 2.61. The number of nitrogens with two attached hydrogens (primary N) is 1. The van der Waals surface area contributed by atoms with Gasteiger partial charge >= 0.3 is 0 Å². The minimum absolute atomic E-state index is 0.382. The summed E-state index contributed by atoms with van der Waals surface area (Å²) in [7, 11) is 2.13. The maximum absolute atomic E-state index is 5.88. The van der Waals surface area contributed by atoms with Crippen molar-refractivity contribution in [2.75, 3.05) is 25.1 Å². The van der Waals surface area contributed by atoms with Crippen molar-refractivity contribution in [1.29, 1.82) is 0 Å². The predicted octanol–water partition coefficient (Wildman–Crippen LogP) is 2.43. The maximum Gasteiger partial charge on any atom is 0.122 e. The van der Waals surface area contributed by atoms with Gasteiger partial charge in [-0.2, -0.15) is 0 Å². The van der Waals surface area contributed by atoms with E-state index in [1.807, 2.05) is 0 Å². The lowest BCUT2D eigenvalue weighted by atomic mass is 10.0. The Balaban J connectivity index is 2.22. The molecular weight excluding hydrogens is 224 g/mol. The number of hydrogen-bond donors (Lipinski definition) is 1. The van der Waals surface area contributed by atoms with Gasteiger partial charge in [0, 0.05) is 25.3 Å². The van der Waals surface area contributed by atoms with Gasteiger partial charge in [-0.1, -0.05) is 13.8 Å². The molecule has 2 rings (SSSR count). The van der Waals surface area contributed by atoms with E-state index in [0.29, 0.717) is 18.5 Å². The summed E-state index contributed by atoms with van der Waals surface area (Å²) in [4.78, 5) is 2.29. The lowest BCUT2D eigenvalue weighted by Gasteiger charge is -2.33. The SMILES string of the molecule is CC(C)C(CN)N(C)c1ccc2c(c1)CCCO2. The van der Waals surface area contributed by atoms with Crippen molar-refractivity contribution in [3.8, 4) is 5.75 Å². The fourth-order valence-corrected chi connectivity index (χ4v) is 2.64. The Hall–Kier alpha value is -1.22. The molecular formula is C15H24N2O. The first-order valence-electron chi connectivity index (χ1n) is 6.82. The Labute approximate surface area is 110 Å². The van der Waals surface area contributed by atoms with Crippen LogP contribution in [-0.4, -0.2) is 26.2 Å². The normalized spacial score (nSPS) is 16.1. The van der Waals surface area contributed by atoms with Gasteiger partial charge in [-0.25, -0.2) is 0 Å². The van der Waals surface area contributed by atoms with E-state index in [9.17, 15) is 0 Å². The van der Waals surface area contributed by atoms with Crippen LogP contribution in [0.1, 0.15) is 25.8 Å². The number of likely N-dealkylation sites (N-methyl/N-ethyl adjacent to an activating group) is 1. The Kier molecular flexibility index (Phi) is 4.12. The molecule has 1 aromatic carbocycles. The van der Waals surface area contributed by atoms with Crippen molar-refractivity contribution in [1.82, 2.24) is 0 Å². The van der Waals surface area contributed by atoms with Gasteiger partial charge in [-0.15, -0.1) is 0 Å². The molecule has 0 radical (unpaired) electrons. The van der Waals surface area contributed by atoms with Crippen molar-refractivity contribution in [3.63, 3.8) is 0 Å². The first kappa shape index (κ1) is 13.2. The number of anilines is 1. The fourth-order valence-electron chi connectivity index (χ4n) is 2.64. The van der Waals surface area contributed by atoms with Crippen LogP contribution in [0.15, 0.2) is 18.2 Å². The smallest absolute Gasteiger partial charge is 0.122 e. The molecule has 0 amide bonds. The van der Waals surface area contributed by atoms with E-state index in [1.54, 1.807) is 0 Å². The molecule has 1 aliphatic heterocycles. The Bertz CT molecular complexity index is 403. The summed E-state index contributed by atoms with van der Waals surface area (Å²) in [5.41, 5.74) is 8.45. The van der Waals surface area contributed by atoms with E-state index < -0.39 is 0 Å². The van der Waals surface area contributed by atoms with Crippen LogP contribution in [0.3, 0.4) is 0 Å². The first-order chi connectivity index (χ1) is 8.63. The van der Waals surface area contributed by atoms with Gasteiger partial charge < -0.3 is 15.4 Å². The van der Waals surface area contributed by atoms with Crippen LogP contribution in [0, 0.1) is 5.92 Å².